The van der Waals surface area contributed by atoms with E-state index < -0.39 is 0 Å². The van der Waals surface area contributed by atoms with Crippen molar-refractivity contribution in [1.29, 1.82) is 0 Å². The Bertz CT molecular complexity index is 421. The van der Waals surface area contributed by atoms with Crippen molar-refractivity contribution in [3.63, 3.8) is 0 Å². The Hall–Kier alpha value is -1.36. The first-order chi connectivity index (χ1) is 10.8. The van der Waals surface area contributed by atoms with Crippen LogP contribution >= 0.6 is 0 Å². The topological polar surface area (TPSA) is 39.7 Å². The lowest BCUT2D eigenvalue weighted by Gasteiger charge is -2.12. The second kappa shape index (κ2) is 12.2. The Morgan fingerprint density at radius 3 is 2.77 bits per heavy atom. The summed E-state index contributed by atoms with van der Waals surface area (Å²) in [7, 11) is 1.72. The van der Waals surface area contributed by atoms with Gasteiger partial charge in [-0.15, -0.1) is 6.58 Å². The predicted molar refractivity (Wildman–Crippen MR) is 90.8 cm³/mol. The molecule has 0 spiro atoms. The molecule has 0 amide bonds. The first kappa shape index (κ1) is 18.7. The number of ether oxygens (including phenoxy) is 3. The van der Waals surface area contributed by atoms with E-state index in [4.69, 9.17) is 14.2 Å². The van der Waals surface area contributed by atoms with E-state index in [1.165, 1.54) is 11.1 Å². The largest absolute Gasteiger partial charge is 0.491 e. The van der Waals surface area contributed by atoms with Crippen molar-refractivity contribution in [3.8, 4) is 5.75 Å². The van der Waals surface area contributed by atoms with E-state index in [2.05, 4.69) is 31.0 Å². The molecule has 124 valence electrons. The average molecular weight is 307 g/mol. The van der Waals surface area contributed by atoms with Crippen LogP contribution in [0.3, 0.4) is 0 Å². The summed E-state index contributed by atoms with van der Waals surface area (Å²) in [5, 5.41) is 3.30. The van der Waals surface area contributed by atoms with Crippen LogP contribution in [0, 0.1) is 6.92 Å². The number of aryl methyl sites for hydroxylation is 1. The highest BCUT2D eigenvalue weighted by atomic mass is 16.5. The highest BCUT2D eigenvalue weighted by Crippen LogP contribution is 2.20. The molecule has 0 aliphatic heterocycles. The molecule has 4 nitrogen and oxygen atoms in total. The van der Waals surface area contributed by atoms with E-state index in [-0.39, 0.29) is 0 Å². The monoisotopic (exact) mass is 307 g/mol. The van der Waals surface area contributed by atoms with Crippen LogP contribution in [0.4, 0.5) is 0 Å². The normalized spacial score (nSPS) is 10.6. The van der Waals surface area contributed by atoms with Crippen LogP contribution in [0.25, 0.3) is 0 Å². The summed E-state index contributed by atoms with van der Waals surface area (Å²) in [4.78, 5) is 0. The number of benzene rings is 1. The Morgan fingerprint density at radius 2 is 2.00 bits per heavy atom. The van der Waals surface area contributed by atoms with E-state index in [9.17, 15) is 0 Å². The van der Waals surface area contributed by atoms with Crippen molar-refractivity contribution in [2.24, 2.45) is 0 Å². The molecule has 0 fully saturated rings. The minimum atomic E-state index is 0.566. The maximum absolute atomic E-state index is 5.79. The smallest absolute Gasteiger partial charge is 0.122 e. The first-order valence-corrected chi connectivity index (χ1v) is 7.88. The van der Waals surface area contributed by atoms with Gasteiger partial charge in [-0.05, 0) is 37.9 Å². The zero-order valence-electron chi connectivity index (χ0n) is 13.9. The van der Waals surface area contributed by atoms with E-state index in [1.54, 1.807) is 7.11 Å². The van der Waals surface area contributed by atoms with E-state index in [1.807, 2.05) is 12.1 Å². The maximum atomic E-state index is 5.79. The van der Waals surface area contributed by atoms with Crippen molar-refractivity contribution in [2.45, 2.75) is 19.8 Å². The van der Waals surface area contributed by atoms with Crippen LogP contribution in [0.2, 0.25) is 0 Å². The van der Waals surface area contributed by atoms with E-state index in [0.29, 0.717) is 19.8 Å². The molecule has 0 heterocycles. The van der Waals surface area contributed by atoms with Crippen LogP contribution in [-0.2, 0) is 15.9 Å². The second-order valence-electron chi connectivity index (χ2n) is 5.16. The standard InChI is InChI=1S/C18H29NO3/c1-4-6-17-15-16(2)7-8-18(17)22-14-13-21-12-10-19-9-5-11-20-3/h4,7-8,15,19H,1,5-6,9-14H2,2-3H3. The summed E-state index contributed by atoms with van der Waals surface area (Å²) in [6, 6.07) is 6.22. The lowest BCUT2D eigenvalue weighted by atomic mass is 10.1. The van der Waals surface area contributed by atoms with Crippen LogP contribution in [-0.4, -0.2) is 46.6 Å². The third-order valence-electron chi connectivity index (χ3n) is 3.19. The van der Waals surface area contributed by atoms with Gasteiger partial charge in [0, 0.05) is 20.3 Å². The molecule has 0 radical (unpaired) electrons. The summed E-state index contributed by atoms with van der Waals surface area (Å²) in [6.45, 7) is 10.3. The molecule has 4 heteroatoms. The van der Waals surface area contributed by atoms with Crippen molar-refractivity contribution >= 4 is 0 Å². The van der Waals surface area contributed by atoms with E-state index in [0.717, 1.165) is 38.3 Å². The Balaban J connectivity index is 2.11. The molecular weight excluding hydrogens is 278 g/mol. The SMILES string of the molecule is C=CCc1cc(C)ccc1OCCOCCNCCCOC. The van der Waals surface area contributed by atoms with Gasteiger partial charge in [-0.1, -0.05) is 23.8 Å². The molecule has 1 aromatic carbocycles. The van der Waals surface area contributed by atoms with Crippen molar-refractivity contribution in [1.82, 2.24) is 5.32 Å². The Morgan fingerprint density at radius 1 is 1.14 bits per heavy atom. The van der Waals surface area contributed by atoms with Gasteiger partial charge in [-0.25, -0.2) is 0 Å². The van der Waals surface area contributed by atoms with Crippen molar-refractivity contribution in [3.05, 3.63) is 42.0 Å². The number of hydrogen-bond acceptors (Lipinski definition) is 4. The molecule has 0 bridgehead atoms. The van der Waals surface area contributed by atoms with E-state index >= 15 is 0 Å². The molecule has 0 aliphatic carbocycles. The van der Waals surface area contributed by atoms with Crippen molar-refractivity contribution in [2.75, 3.05) is 46.6 Å². The molecule has 0 unspecified atom stereocenters. The summed E-state index contributed by atoms with van der Waals surface area (Å²) >= 11 is 0. The van der Waals surface area contributed by atoms with Gasteiger partial charge in [0.15, 0.2) is 0 Å². The third-order valence-corrected chi connectivity index (χ3v) is 3.19. The number of methoxy groups -OCH3 is 1. The Labute approximate surface area is 134 Å². The molecule has 0 saturated heterocycles. The minimum Gasteiger partial charge on any atom is -0.491 e. The molecule has 0 saturated carbocycles. The highest BCUT2D eigenvalue weighted by Gasteiger charge is 2.02. The van der Waals surface area contributed by atoms with Gasteiger partial charge >= 0.3 is 0 Å². The van der Waals surface area contributed by atoms with Crippen LogP contribution < -0.4 is 10.1 Å². The number of allylic oxidation sites excluding steroid dienone is 1. The third kappa shape index (κ3) is 8.17. The summed E-state index contributed by atoms with van der Waals surface area (Å²) in [5.74, 6) is 0.923. The number of rotatable bonds is 13. The lowest BCUT2D eigenvalue weighted by molar-refractivity contribution is 0.101. The fourth-order valence-electron chi connectivity index (χ4n) is 2.09. The van der Waals surface area contributed by atoms with Crippen LogP contribution in [0.1, 0.15) is 17.5 Å². The molecular formula is C18H29NO3. The number of hydrogen-bond donors (Lipinski definition) is 1. The van der Waals surface area contributed by atoms with Gasteiger partial charge in [0.25, 0.3) is 0 Å². The predicted octanol–water partition coefficient (Wildman–Crippen LogP) is 2.75. The Kier molecular flexibility index (Phi) is 10.4. The van der Waals surface area contributed by atoms with Crippen LogP contribution in [0.15, 0.2) is 30.9 Å². The molecule has 0 aromatic heterocycles. The highest BCUT2D eigenvalue weighted by molar-refractivity contribution is 5.38. The summed E-state index contributed by atoms with van der Waals surface area (Å²) in [6.07, 6.45) is 3.75. The van der Waals surface area contributed by atoms with Gasteiger partial charge in [-0.2, -0.15) is 0 Å². The molecule has 1 aromatic rings. The van der Waals surface area contributed by atoms with Gasteiger partial charge in [0.1, 0.15) is 12.4 Å². The zero-order valence-corrected chi connectivity index (χ0v) is 13.9. The zero-order chi connectivity index (χ0) is 16.0. The van der Waals surface area contributed by atoms with Gasteiger partial charge < -0.3 is 19.5 Å². The lowest BCUT2D eigenvalue weighted by Crippen LogP contribution is -2.22. The second-order valence-corrected chi connectivity index (χ2v) is 5.16. The fourth-order valence-corrected chi connectivity index (χ4v) is 2.09. The fraction of sp³-hybridized carbons (Fsp3) is 0.556. The molecule has 0 atom stereocenters. The maximum Gasteiger partial charge on any atom is 0.122 e. The molecule has 1 rings (SSSR count). The first-order valence-electron chi connectivity index (χ1n) is 7.88. The van der Waals surface area contributed by atoms with Crippen molar-refractivity contribution < 1.29 is 14.2 Å². The summed E-state index contributed by atoms with van der Waals surface area (Å²) < 4.78 is 16.3. The van der Waals surface area contributed by atoms with Gasteiger partial charge in [-0.3, -0.25) is 0 Å². The van der Waals surface area contributed by atoms with Gasteiger partial charge in [0.2, 0.25) is 0 Å². The van der Waals surface area contributed by atoms with Gasteiger partial charge in [0.05, 0.1) is 13.2 Å². The quantitative estimate of drug-likeness (QED) is 0.449. The summed E-state index contributed by atoms with van der Waals surface area (Å²) in [5.41, 5.74) is 2.41. The molecule has 1 N–H and O–H groups in total. The molecule has 0 aliphatic rings. The van der Waals surface area contributed by atoms with Crippen LogP contribution in [0.5, 0.6) is 5.75 Å². The minimum absolute atomic E-state index is 0.566. The molecule has 22 heavy (non-hydrogen) atoms. The number of nitrogens with one attached hydrogen (secondary N) is 1. The average Bonchev–Trinajstić information content (AvgIpc) is 2.51.